The number of pyridine rings is 1. The van der Waals surface area contributed by atoms with Crippen molar-refractivity contribution in [3.05, 3.63) is 42.7 Å². The Morgan fingerprint density at radius 3 is 2.42 bits per heavy atom. The number of nitrogens with one attached hydrogen (secondary N) is 2. The number of benzene rings is 1. The summed E-state index contributed by atoms with van der Waals surface area (Å²) in [6.45, 7) is 5.46. The fourth-order valence-electron chi connectivity index (χ4n) is 2.33. The minimum atomic E-state index is -0.141. The number of fused-ring (bicyclic) bond motifs is 1. The van der Waals surface area contributed by atoms with Gasteiger partial charge < -0.3 is 5.32 Å². The van der Waals surface area contributed by atoms with Gasteiger partial charge in [-0.05, 0) is 12.1 Å². The maximum absolute atomic E-state index is 11.1. The van der Waals surface area contributed by atoms with Gasteiger partial charge in [-0.2, -0.15) is 5.10 Å². The van der Waals surface area contributed by atoms with E-state index in [9.17, 15) is 4.79 Å². The SMILES string of the molecule is CC.CC(=O)Nc1nc2ccc(-c3ccc(-c4ncn[nH]4)cc3)nc2s1. The van der Waals surface area contributed by atoms with Crippen molar-refractivity contribution in [1.29, 1.82) is 0 Å². The van der Waals surface area contributed by atoms with Crippen LogP contribution in [0.5, 0.6) is 0 Å². The van der Waals surface area contributed by atoms with Gasteiger partial charge >= 0.3 is 0 Å². The van der Waals surface area contributed by atoms with Crippen LogP contribution >= 0.6 is 11.3 Å². The molecule has 0 aliphatic heterocycles. The van der Waals surface area contributed by atoms with E-state index < -0.39 is 0 Å². The number of aromatic nitrogens is 5. The first-order valence-corrected chi connectivity index (χ1v) is 9.02. The van der Waals surface area contributed by atoms with Crippen molar-refractivity contribution in [1.82, 2.24) is 25.1 Å². The summed E-state index contributed by atoms with van der Waals surface area (Å²) >= 11 is 1.36. The summed E-state index contributed by atoms with van der Waals surface area (Å²) in [5.74, 6) is 0.588. The van der Waals surface area contributed by atoms with Crippen molar-refractivity contribution in [2.24, 2.45) is 0 Å². The zero-order valence-electron chi connectivity index (χ0n) is 14.6. The molecule has 0 atom stereocenters. The van der Waals surface area contributed by atoms with Crippen LogP contribution in [0.2, 0.25) is 0 Å². The van der Waals surface area contributed by atoms with Gasteiger partial charge in [-0.25, -0.2) is 15.0 Å². The number of rotatable bonds is 3. The minimum absolute atomic E-state index is 0.141. The zero-order chi connectivity index (χ0) is 18.5. The average Bonchev–Trinajstić information content (AvgIpc) is 3.32. The summed E-state index contributed by atoms with van der Waals surface area (Å²) in [6.07, 6.45) is 1.48. The number of anilines is 1. The molecule has 2 N–H and O–H groups in total. The Kier molecular flexibility index (Phi) is 5.33. The van der Waals surface area contributed by atoms with E-state index in [2.05, 4.69) is 30.5 Å². The molecule has 0 aliphatic rings. The third-order valence-corrected chi connectivity index (χ3v) is 4.29. The lowest BCUT2D eigenvalue weighted by atomic mass is 10.1. The molecule has 7 nitrogen and oxygen atoms in total. The van der Waals surface area contributed by atoms with Crippen LogP contribution in [-0.4, -0.2) is 31.1 Å². The number of hydrogen-bond acceptors (Lipinski definition) is 6. The highest BCUT2D eigenvalue weighted by molar-refractivity contribution is 7.21. The topological polar surface area (TPSA) is 96.5 Å². The third-order valence-electron chi connectivity index (χ3n) is 3.41. The minimum Gasteiger partial charge on any atom is -0.302 e. The number of amides is 1. The van der Waals surface area contributed by atoms with E-state index >= 15 is 0 Å². The maximum atomic E-state index is 11.1. The first-order chi connectivity index (χ1) is 12.7. The largest absolute Gasteiger partial charge is 0.302 e. The second-order valence-electron chi connectivity index (χ2n) is 5.13. The molecule has 0 bridgehead atoms. The quantitative estimate of drug-likeness (QED) is 0.568. The summed E-state index contributed by atoms with van der Waals surface area (Å²) in [5, 5.41) is 9.94. The summed E-state index contributed by atoms with van der Waals surface area (Å²) in [6, 6.07) is 11.7. The Labute approximate surface area is 154 Å². The number of carbonyl (C=O) groups is 1. The van der Waals surface area contributed by atoms with E-state index in [0.717, 1.165) is 33.0 Å². The fraction of sp³-hybridized carbons (Fsp3) is 0.167. The van der Waals surface area contributed by atoms with E-state index in [-0.39, 0.29) is 5.91 Å². The van der Waals surface area contributed by atoms with Gasteiger partial charge in [0.05, 0.1) is 5.69 Å². The van der Waals surface area contributed by atoms with Crippen LogP contribution in [0.4, 0.5) is 5.13 Å². The monoisotopic (exact) mass is 366 g/mol. The van der Waals surface area contributed by atoms with Crippen LogP contribution in [0.3, 0.4) is 0 Å². The zero-order valence-corrected chi connectivity index (χ0v) is 15.5. The van der Waals surface area contributed by atoms with Crippen LogP contribution in [0.25, 0.3) is 33.0 Å². The van der Waals surface area contributed by atoms with E-state index in [1.165, 1.54) is 24.6 Å². The van der Waals surface area contributed by atoms with Crippen molar-refractivity contribution < 1.29 is 4.79 Å². The summed E-state index contributed by atoms with van der Waals surface area (Å²) < 4.78 is 0. The Hall–Kier alpha value is -3.13. The van der Waals surface area contributed by atoms with Crippen LogP contribution < -0.4 is 5.32 Å². The van der Waals surface area contributed by atoms with E-state index in [1.807, 2.05) is 50.2 Å². The first kappa shape index (κ1) is 17.7. The summed E-state index contributed by atoms with van der Waals surface area (Å²) in [4.78, 5) is 25.0. The van der Waals surface area contributed by atoms with E-state index in [4.69, 9.17) is 0 Å². The second kappa shape index (κ2) is 7.83. The third kappa shape index (κ3) is 3.75. The highest BCUT2D eigenvalue weighted by Gasteiger charge is 2.09. The summed E-state index contributed by atoms with van der Waals surface area (Å²) in [5.41, 5.74) is 3.58. The lowest BCUT2D eigenvalue weighted by molar-refractivity contribution is -0.114. The van der Waals surface area contributed by atoms with E-state index in [0.29, 0.717) is 5.13 Å². The van der Waals surface area contributed by atoms with Gasteiger partial charge in [-0.15, -0.1) is 0 Å². The molecule has 3 aromatic heterocycles. The molecule has 26 heavy (non-hydrogen) atoms. The van der Waals surface area contributed by atoms with Crippen LogP contribution in [-0.2, 0) is 4.79 Å². The predicted octanol–water partition coefficient (Wildman–Crippen LogP) is 4.13. The molecule has 0 saturated heterocycles. The average molecular weight is 366 g/mol. The smallest absolute Gasteiger partial charge is 0.223 e. The Morgan fingerprint density at radius 1 is 1.04 bits per heavy atom. The molecule has 4 aromatic rings. The van der Waals surface area contributed by atoms with Crippen LogP contribution in [0, 0.1) is 0 Å². The number of thiazole rings is 1. The van der Waals surface area contributed by atoms with Gasteiger partial charge in [-0.1, -0.05) is 49.4 Å². The molecule has 132 valence electrons. The van der Waals surface area contributed by atoms with Crippen molar-refractivity contribution in [3.8, 4) is 22.6 Å². The molecule has 0 spiro atoms. The number of aromatic amines is 1. The molecule has 4 rings (SSSR count). The highest BCUT2D eigenvalue weighted by atomic mass is 32.1. The van der Waals surface area contributed by atoms with Gasteiger partial charge in [0.1, 0.15) is 16.7 Å². The van der Waals surface area contributed by atoms with Gasteiger partial charge in [0.2, 0.25) is 5.91 Å². The van der Waals surface area contributed by atoms with Crippen LogP contribution in [0.15, 0.2) is 42.7 Å². The molecule has 3 heterocycles. The number of nitrogens with zero attached hydrogens (tertiary/aromatic N) is 4. The van der Waals surface area contributed by atoms with Crippen molar-refractivity contribution >= 4 is 32.7 Å². The lowest BCUT2D eigenvalue weighted by Crippen LogP contribution is -2.04. The summed E-state index contributed by atoms with van der Waals surface area (Å²) in [7, 11) is 0. The fourth-order valence-corrected chi connectivity index (χ4v) is 3.21. The number of hydrogen-bond donors (Lipinski definition) is 2. The van der Waals surface area contributed by atoms with Crippen molar-refractivity contribution in [2.45, 2.75) is 20.8 Å². The normalized spacial score (nSPS) is 10.3. The van der Waals surface area contributed by atoms with Crippen molar-refractivity contribution in [3.63, 3.8) is 0 Å². The van der Waals surface area contributed by atoms with Gasteiger partial charge in [0.25, 0.3) is 0 Å². The first-order valence-electron chi connectivity index (χ1n) is 8.20. The van der Waals surface area contributed by atoms with Gasteiger partial charge in [0.15, 0.2) is 11.0 Å². The van der Waals surface area contributed by atoms with Gasteiger partial charge in [0, 0.05) is 18.1 Å². The molecule has 0 aliphatic carbocycles. The predicted molar refractivity (Wildman–Crippen MR) is 104 cm³/mol. The maximum Gasteiger partial charge on any atom is 0.223 e. The highest BCUT2D eigenvalue weighted by Crippen LogP contribution is 2.28. The van der Waals surface area contributed by atoms with Crippen molar-refractivity contribution in [2.75, 3.05) is 5.32 Å². The molecule has 0 fully saturated rings. The molecule has 8 heteroatoms. The molecule has 1 amide bonds. The lowest BCUT2D eigenvalue weighted by Gasteiger charge is -2.02. The Balaban J connectivity index is 0.000000948. The second-order valence-corrected chi connectivity index (χ2v) is 6.11. The molecule has 0 radical (unpaired) electrons. The standard InChI is InChI=1S/C16H12N6OS.C2H6/c1-9(23)19-16-21-13-7-6-12(20-15(13)24-16)10-2-4-11(5-3-10)14-17-8-18-22-14;1-2/h2-8H,1H3,(H,17,18,22)(H,19,21,23);1-2H3. The Bertz CT molecular complexity index is 1010. The molecule has 0 saturated carbocycles. The number of carbonyl (C=O) groups excluding carboxylic acids is 1. The van der Waals surface area contributed by atoms with Gasteiger partial charge in [-0.3, -0.25) is 9.89 Å². The Morgan fingerprint density at radius 2 is 1.77 bits per heavy atom. The molecule has 0 unspecified atom stereocenters. The molecular weight excluding hydrogens is 348 g/mol. The molecule has 1 aromatic carbocycles. The van der Waals surface area contributed by atoms with Crippen LogP contribution in [0.1, 0.15) is 20.8 Å². The van der Waals surface area contributed by atoms with E-state index in [1.54, 1.807) is 0 Å². The molecular formula is C18H18N6OS. The number of H-pyrrole nitrogens is 1.